The number of guanidine groups is 1. The molecule has 2 atom stereocenters. The number of nitrogens with zero attached hydrogens (tertiary/aromatic N) is 3. The molecule has 3 rings (SSSR count). The molecular weight excluding hydrogens is 336 g/mol. The molecule has 1 saturated carbocycles. The summed E-state index contributed by atoms with van der Waals surface area (Å²) in [5, 5.41) is 10.9. The molecule has 1 heterocycles. The lowest BCUT2D eigenvalue weighted by atomic mass is 10.1. The molecule has 0 radical (unpaired) electrons. The normalized spacial score (nSPS) is 19.5. The van der Waals surface area contributed by atoms with Crippen LogP contribution in [0.15, 0.2) is 29.3 Å². The second kappa shape index (κ2) is 7.85. The minimum absolute atomic E-state index is 0.00334. The molecule has 26 heavy (non-hydrogen) atoms. The van der Waals surface area contributed by atoms with Crippen LogP contribution in [0.2, 0.25) is 0 Å². The Labute approximate surface area is 152 Å². The molecule has 2 aromatic rings. The first-order valence-corrected chi connectivity index (χ1v) is 8.91. The summed E-state index contributed by atoms with van der Waals surface area (Å²) in [6, 6.07) is 6.06. The van der Waals surface area contributed by atoms with Gasteiger partial charge in [0.25, 0.3) is 0 Å². The molecule has 1 aliphatic carbocycles. The maximum atomic E-state index is 13.9. The molecule has 2 unspecified atom stereocenters. The van der Waals surface area contributed by atoms with Crippen LogP contribution in [0.25, 0.3) is 0 Å². The summed E-state index contributed by atoms with van der Waals surface area (Å²) in [7, 11) is 1.69. The van der Waals surface area contributed by atoms with Crippen LogP contribution < -0.4 is 10.6 Å². The van der Waals surface area contributed by atoms with E-state index in [9.17, 15) is 8.78 Å². The Morgan fingerprint density at radius 1 is 1.31 bits per heavy atom. The van der Waals surface area contributed by atoms with Gasteiger partial charge in [0.1, 0.15) is 11.6 Å². The summed E-state index contributed by atoms with van der Waals surface area (Å²) in [5.41, 5.74) is 2.34. The average Bonchev–Trinajstić information content (AvgIpc) is 3.26. The first-order chi connectivity index (χ1) is 12.5. The fraction of sp³-hybridized carbons (Fsp3) is 0.474. The van der Waals surface area contributed by atoms with Crippen molar-refractivity contribution in [1.29, 1.82) is 0 Å². The van der Waals surface area contributed by atoms with E-state index in [4.69, 9.17) is 0 Å². The van der Waals surface area contributed by atoms with Gasteiger partial charge in [0.2, 0.25) is 0 Å². The Hall–Kier alpha value is -2.44. The highest BCUT2D eigenvalue weighted by atomic mass is 19.1. The average molecular weight is 361 g/mol. The van der Waals surface area contributed by atoms with Crippen LogP contribution in [-0.2, 0) is 6.54 Å². The fourth-order valence-corrected chi connectivity index (χ4v) is 3.25. The second-order valence-corrected chi connectivity index (χ2v) is 6.73. The Morgan fingerprint density at radius 2 is 2.04 bits per heavy atom. The molecule has 2 N–H and O–H groups in total. The number of hydrogen-bond acceptors (Lipinski definition) is 2. The summed E-state index contributed by atoms with van der Waals surface area (Å²) in [4.78, 5) is 4.19. The zero-order valence-corrected chi connectivity index (χ0v) is 15.4. The van der Waals surface area contributed by atoms with Gasteiger partial charge in [-0.25, -0.2) is 8.78 Å². The van der Waals surface area contributed by atoms with Crippen molar-refractivity contribution in [1.82, 2.24) is 20.4 Å². The van der Waals surface area contributed by atoms with Crippen molar-refractivity contribution in [2.24, 2.45) is 4.99 Å². The smallest absolute Gasteiger partial charge is 0.191 e. The number of nitrogens with one attached hydrogen (secondary N) is 2. The van der Waals surface area contributed by atoms with E-state index in [1.807, 2.05) is 18.5 Å². The summed E-state index contributed by atoms with van der Waals surface area (Å²) < 4.78 is 29.7. The van der Waals surface area contributed by atoms with E-state index in [2.05, 4.69) is 26.8 Å². The van der Waals surface area contributed by atoms with Crippen LogP contribution in [0.1, 0.15) is 35.7 Å². The molecule has 5 nitrogen and oxygen atoms in total. The molecule has 1 aliphatic rings. The van der Waals surface area contributed by atoms with Crippen LogP contribution in [0.5, 0.6) is 0 Å². The number of aromatic nitrogens is 2. The summed E-state index contributed by atoms with van der Waals surface area (Å²) in [6.45, 7) is 5.60. The summed E-state index contributed by atoms with van der Waals surface area (Å²) in [6.07, 6.45) is 1.60. The molecule has 1 aromatic heterocycles. The highest BCUT2D eigenvalue weighted by Crippen LogP contribution is 2.42. The van der Waals surface area contributed by atoms with Crippen molar-refractivity contribution in [3.05, 3.63) is 52.9 Å². The van der Waals surface area contributed by atoms with Gasteiger partial charge >= 0.3 is 0 Å². The Balaban J connectivity index is 1.45. The molecule has 140 valence electrons. The first-order valence-electron chi connectivity index (χ1n) is 8.91. The van der Waals surface area contributed by atoms with Gasteiger partial charge in [0.15, 0.2) is 5.96 Å². The minimum Gasteiger partial charge on any atom is -0.356 e. The van der Waals surface area contributed by atoms with Crippen molar-refractivity contribution < 1.29 is 8.78 Å². The lowest BCUT2D eigenvalue weighted by Crippen LogP contribution is -2.39. The predicted molar refractivity (Wildman–Crippen MR) is 98.3 cm³/mol. The number of aliphatic imine (C=N–C) groups is 1. The van der Waals surface area contributed by atoms with Crippen LogP contribution in [-0.4, -0.2) is 35.4 Å². The van der Waals surface area contributed by atoms with Crippen molar-refractivity contribution in [3.63, 3.8) is 0 Å². The maximum absolute atomic E-state index is 13.9. The molecule has 0 amide bonds. The van der Waals surface area contributed by atoms with Gasteiger partial charge in [-0.2, -0.15) is 5.10 Å². The maximum Gasteiger partial charge on any atom is 0.191 e. The fourth-order valence-electron chi connectivity index (χ4n) is 3.25. The first kappa shape index (κ1) is 18.4. The largest absolute Gasteiger partial charge is 0.356 e. The van der Waals surface area contributed by atoms with Crippen LogP contribution in [0.3, 0.4) is 0 Å². The van der Waals surface area contributed by atoms with E-state index < -0.39 is 11.6 Å². The van der Waals surface area contributed by atoms with E-state index in [1.165, 1.54) is 18.2 Å². The van der Waals surface area contributed by atoms with E-state index >= 15 is 0 Å². The van der Waals surface area contributed by atoms with Crippen molar-refractivity contribution >= 4 is 5.96 Å². The summed E-state index contributed by atoms with van der Waals surface area (Å²) >= 11 is 0. The zero-order valence-electron chi connectivity index (χ0n) is 15.4. The lowest BCUT2D eigenvalue weighted by Gasteiger charge is -2.12. The second-order valence-electron chi connectivity index (χ2n) is 6.73. The highest BCUT2D eigenvalue weighted by Gasteiger charge is 2.42. The number of aryl methyl sites for hydroxylation is 3. The molecule has 0 bridgehead atoms. The molecular formula is C19H25F2N5. The van der Waals surface area contributed by atoms with Crippen molar-refractivity contribution in [2.75, 3.05) is 13.6 Å². The zero-order chi connectivity index (χ0) is 18.7. The quantitative estimate of drug-likeness (QED) is 0.473. The van der Waals surface area contributed by atoms with Gasteiger partial charge in [-0.05, 0) is 44.9 Å². The highest BCUT2D eigenvalue weighted by molar-refractivity contribution is 5.80. The van der Waals surface area contributed by atoms with Gasteiger partial charge < -0.3 is 10.6 Å². The number of rotatable bonds is 6. The molecule has 0 saturated heterocycles. The van der Waals surface area contributed by atoms with Gasteiger partial charge in [0.05, 0.1) is 5.69 Å². The summed E-state index contributed by atoms with van der Waals surface area (Å²) in [5.74, 6) is -0.452. The van der Waals surface area contributed by atoms with Gasteiger partial charge in [-0.1, -0.05) is 6.07 Å². The topological polar surface area (TPSA) is 54.2 Å². The number of halogens is 2. The van der Waals surface area contributed by atoms with Crippen molar-refractivity contribution in [2.45, 2.75) is 45.2 Å². The Kier molecular flexibility index (Phi) is 5.54. The van der Waals surface area contributed by atoms with Crippen LogP contribution in [0.4, 0.5) is 8.78 Å². The lowest BCUT2D eigenvalue weighted by molar-refractivity contribution is 0.550. The Morgan fingerprint density at radius 3 is 2.65 bits per heavy atom. The monoisotopic (exact) mass is 361 g/mol. The number of benzene rings is 1. The minimum atomic E-state index is -0.480. The van der Waals surface area contributed by atoms with E-state index in [-0.39, 0.29) is 17.5 Å². The van der Waals surface area contributed by atoms with Crippen molar-refractivity contribution in [3.8, 4) is 0 Å². The third kappa shape index (κ3) is 4.20. The SMILES string of the molecule is CN=C(NCCCn1nc(C)cc1C)NC1CC1c1c(F)cccc1F. The van der Waals surface area contributed by atoms with Crippen LogP contribution in [0, 0.1) is 25.5 Å². The Bertz CT molecular complexity index is 779. The van der Waals surface area contributed by atoms with E-state index in [1.54, 1.807) is 7.05 Å². The van der Waals surface area contributed by atoms with Crippen LogP contribution >= 0.6 is 0 Å². The molecule has 7 heteroatoms. The van der Waals surface area contributed by atoms with E-state index in [0.29, 0.717) is 12.4 Å². The van der Waals surface area contributed by atoms with Gasteiger partial charge in [-0.3, -0.25) is 9.67 Å². The third-order valence-electron chi connectivity index (χ3n) is 4.65. The van der Waals surface area contributed by atoms with Gasteiger partial charge in [0, 0.05) is 43.4 Å². The number of hydrogen-bond donors (Lipinski definition) is 2. The predicted octanol–water partition coefficient (Wildman–Crippen LogP) is 2.89. The third-order valence-corrected chi connectivity index (χ3v) is 4.65. The molecule has 0 spiro atoms. The molecule has 1 fully saturated rings. The van der Waals surface area contributed by atoms with E-state index in [0.717, 1.165) is 30.9 Å². The molecule has 1 aromatic carbocycles. The van der Waals surface area contributed by atoms with Gasteiger partial charge in [-0.15, -0.1) is 0 Å². The molecule has 0 aliphatic heterocycles. The standard InChI is InChI=1S/C19H25F2N5/c1-12-10-13(2)26(25-12)9-5-8-23-19(22-3)24-17-11-14(17)18-15(20)6-4-7-16(18)21/h4,6-7,10,14,17H,5,8-9,11H2,1-3H3,(H2,22,23,24).